The summed E-state index contributed by atoms with van der Waals surface area (Å²) in [6, 6.07) is 7.70. The molecule has 1 aliphatic rings. The first-order valence-corrected chi connectivity index (χ1v) is 8.31. The van der Waals surface area contributed by atoms with Gasteiger partial charge in [0.1, 0.15) is 0 Å². The van der Waals surface area contributed by atoms with Gasteiger partial charge in [-0.25, -0.2) is 0 Å². The maximum Gasteiger partial charge on any atom is 0.224 e. The molecule has 0 unspecified atom stereocenters. The van der Waals surface area contributed by atoms with Gasteiger partial charge in [0.25, 0.3) is 0 Å². The van der Waals surface area contributed by atoms with Crippen LogP contribution in [0, 0.1) is 0 Å². The predicted octanol–water partition coefficient (Wildman–Crippen LogP) is 4.04. The van der Waals surface area contributed by atoms with Crippen LogP contribution < -0.4 is 5.32 Å². The number of rotatable bonds is 6. The van der Waals surface area contributed by atoms with E-state index in [0.717, 1.165) is 29.5 Å². The van der Waals surface area contributed by atoms with E-state index in [1.807, 2.05) is 24.3 Å². The number of piperidine rings is 1. The van der Waals surface area contributed by atoms with Crippen LogP contribution in [-0.4, -0.2) is 30.4 Å². The highest BCUT2D eigenvalue weighted by atomic mass is 79.9. The second kappa shape index (κ2) is 8.42. The molecule has 0 spiro atoms. The van der Waals surface area contributed by atoms with Crippen LogP contribution in [0.15, 0.2) is 28.7 Å². The molecular weight excluding hydrogens is 316 g/mol. The number of hydrogen-bond donors (Lipinski definition) is 1. The van der Waals surface area contributed by atoms with Crippen molar-refractivity contribution >= 4 is 27.5 Å². The lowest BCUT2D eigenvalue weighted by Gasteiger charge is -2.26. The van der Waals surface area contributed by atoms with Gasteiger partial charge in [-0.05, 0) is 69.6 Å². The number of unbranched alkanes of at least 4 members (excludes halogenated alkanes) is 1. The number of nitrogens with zero attached hydrogens (tertiary/aromatic N) is 1. The minimum atomic E-state index is 0.117. The van der Waals surface area contributed by atoms with Gasteiger partial charge < -0.3 is 10.2 Å². The highest BCUT2D eigenvalue weighted by Gasteiger charge is 2.09. The van der Waals surface area contributed by atoms with Gasteiger partial charge in [0.05, 0.1) is 0 Å². The molecule has 1 N–H and O–H groups in total. The molecule has 0 saturated carbocycles. The SMILES string of the molecule is O=C(CCCCN1CCCCC1)Nc1ccc(Br)cc1. The number of amides is 1. The molecule has 1 aromatic rings. The monoisotopic (exact) mass is 338 g/mol. The average Bonchev–Trinajstić information content (AvgIpc) is 2.47. The molecule has 0 aliphatic carbocycles. The van der Waals surface area contributed by atoms with Crippen molar-refractivity contribution in [3.8, 4) is 0 Å². The van der Waals surface area contributed by atoms with Gasteiger partial charge in [0.15, 0.2) is 0 Å². The van der Waals surface area contributed by atoms with E-state index in [-0.39, 0.29) is 5.91 Å². The van der Waals surface area contributed by atoms with Crippen molar-refractivity contribution in [2.75, 3.05) is 25.0 Å². The van der Waals surface area contributed by atoms with Gasteiger partial charge >= 0.3 is 0 Å². The molecule has 1 saturated heterocycles. The van der Waals surface area contributed by atoms with Crippen molar-refractivity contribution in [2.24, 2.45) is 0 Å². The maximum atomic E-state index is 11.8. The third-order valence-electron chi connectivity index (χ3n) is 3.70. The first-order valence-electron chi connectivity index (χ1n) is 7.52. The molecule has 1 aliphatic heterocycles. The topological polar surface area (TPSA) is 32.3 Å². The van der Waals surface area contributed by atoms with E-state index in [2.05, 4.69) is 26.1 Å². The number of nitrogens with one attached hydrogen (secondary N) is 1. The van der Waals surface area contributed by atoms with Crippen molar-refractivity contribution in [1.82, 2.24) is 4.90 Å². The fourth-order valence-corrected chi connectivity index (χ4v) is 2.83. The Bertz CT molecular complexity index is 413. The van der Waals surface area contributed by atoms with Crippen molar-refractivity contribution < 1.29 is 4.79 Å². The summed E-state index contributed by atoms with van der Waals surface area (Å²) in [7, 11) is 0. The lowest BCUT2D eigenvalue weighted by molar-refractivity contribution is -0.116. The summed E-state index contributed by atoms with van der Waals surface area (Å²) in [4.78, 5) is 14.3. The Morgan fingerprint density at radius 1 is 1.10 bits per heavy atom. The zero-order valence-corrected chi connectivity index (χ0v) is 13.5. The van der Waals surface area contributed by atoms with Crippen LogP contribution in [0.25, 0.3) is 0 Å². The lowest BCUT2D eigenvalue weighted by atomic mass is 10.1. The van der Waals surface area contributed by atoms with E-state index in [1.165, 1.54) is 32.4 Å². The van der Waals surface area contributed by atoms with Crippen LogP contribution in [0.5, 0.6) is 0 Å². The third-order valence-corrected chi connectivity index (χ3v) is 4.23. The molecule has 1 amide bonds. The molecule has 0 bridgehead atoms. The van der Waals surface area contributed by atoms with Crippen LogP contribution in [-0.2, 0) is 4.79 Å². The zero-order valence-electron chi connectivity index (χ0n) is 11.9. The van der Waals surface area contributed by atoms with Crippen LogP contribution in [0.3, 0.4) is 0 Å². The van der Waals surface area contributed by atoms with E-state index >= 15 is 0 Å². The molecule has 4 heteroatoms. The van der Waals surface area contributed by atoms with E-state index in [9.17, 15) is 4.79 Å². The van der Waals surface area contributed by atoms with E-state index in [0.29, 0.717) is 6.42 Å². The molecule has 0 radical (unpaired) electrons. The smallest absolute Gasteiger partial charge is 0.224 e. The standard InChI is InChI=1S/C16H23BrN2O/c17-14-7-9-15(10-8-14)18-16(20)6-2-5-13-19-11-3-1-4-12-19/h7-10H,1-6,11-13H2,(H,18,20). The highest BCUT2D eigenvalue weighted by molar-refractivity contribution is 9.10. The number of hydrogen-bond acceptors (Lipinski definition) is 2. The quantitative estimate of drug-likeness (QED) is 0.793. The number of benzene rings is 1. The number of carbonyl (C=O) groups excluding carboxylic acids is 1. The minimum Gasteiger partial charge on any atom is -0.326 e. The Balaban J connectivity index is 1.59. The Morgan fingerprint density at radius 2 is 1.80 bits per heavy atom. The van der Waals surface area contributed by atoms with Gasteiger partial charge in [-0.3, -0.25) is 4.79 Å². The molecule has 1 aromatic carbocycles. The number of carbonyl (C=O) groups is 1. The summed E-state index contributed by atoms with van der Waals surface area (Å²) in [6.45, 7) is 3.63. The Kier molecular flexibility index (Phi) is 6.54. The number of likely N-dealkylation sites (tertiary alicyclic amines) is 1. The van der Waals surface area contributed by atoms with E-state index in [1.54, 1.807) is 0 Å². The normalized spacial score (nSPS) is 16.1. The molecule has 20 heavy (non-hydrogen) atoms. The summed E-state index contributed by atoms with van der Waals surface area (Å²) in [5, 5.41) is 2.93. The first kappa shape index (κ1) is 15.5. The van der Waals surface area contributed by atoms with Gasteiger partial charge in [-0.1, -0.05) is 22.4 Å². The van der Waals surface area contributed by atoms with E-state index < -0.39 is 0 Å². The highest BCUT2D eigenvalue weighted by Crippen LogP contribution is 2.15. The maximum absolute atomic E-state index is 11.8. The van der Waals surface area contributed by atoms with Crippen molar-refractivity contribution in [2.45, 2.75) is 38.5 Å². The average molecular weight is 339 g/mol. The van der Waals surface area contributed by atoms with Gasteiger partial charge in [0.2, 0.25) is 5.91 Å². The molecule has 0 aromatic heterocycles. The Hall–Kier alpha value is -0.870. The summed E-state index contributed by atoms with van der Waals surface area (Å²) < 4.78 is 1.03. The number of anilines is 1. The minimum absolute atomic E-state index is 0.117. The molecule has 1 heterocycles. The van der Waals surface area contributed by atoms with Crippen LogP contribution in [0.2, 0.25) is 0 Å². The van der Waals surface area contributed by atoms with Gasteiger partial charge in [0, 0.05) is 16.6 Å². The fourth-order valence-electron chi connectivity index (χ4n) is 2.56. The molecule has 2 rings (SSSR count). The van der Waals surface area contributed by atoms with Crippen LogP contribution in [0.1, 0.15) is 38.5 Å². The third kappa shape index (κ3) is 5.63. The predicted molar refractivity (Wildman–Crippen MR) is 86.9 cm³/mol. The molecule has 3 nitrogen and oxygen atoms in total. The second-order valence-corrected chi connectivity index (χ2v) is 6.33. The lowest BCUT2D eigenvalue weighted by Crippen LogP contribution is -2.30. The molecule has 110 valence electrons. The zero-order chi connectivity index (χ0) is 14.2. The van der Waals surface area contributed by atoms with Crippen molar-refractivity contribution in [3.63, 3.8) is 0 Å². The molecule has 0 atom stereocenters. The Labute approximate surface area is 129 Å². The largest absolute Gasteiger partial charge is 0.326 e. The van der Waals surface area contributed by atoms with E-state index in [4.69, 9.17) is 0 Å². The fraction of sp³-hybridized carbons (Fsp3) is 0.562. The van der Waals surface area contributed by atoms with Crippen LogP contribution >= 0.6 is 15.9 Å². The number of halogens is 1. The molecular formula is C16H23BrN2O. The van der Waals surface area contributed by atoms with Crippen LogP contribution in [0.4, 0.5) is 5.69 Å². The Morgan fingerprint density at radius 3 is 2.50 bits per heavy atom. The van der Waals surface area contributed by atoms with Crippen molar-refractivity contribution in [3.05, 3.63) is 28.7 Å². The summed E-state index contributed by atoms with van der Waals surface area (Å²) in [5.74, 6) is 0.117. The first-order chi connectivity index (χ1) is 9.74. The summed E-state index contributed by atoms with van der Waals surface area (Å²) in [6.07, 6.45) is 6.76. The van der Waals surface area contributed by atoms with Crippen molar-refractivity contribution in [1.29, 1.82) is 0 Å². The van der Waals surface area contributed by atoms with Gasteiger partial charge in [-0.15, -0.1) is 0 Å². The molecule has 1 fully saturated rings. The second-order valence-electron chi connectivity index (χ2n) is 5.41. The summed E-state index contributed by atoms with van der Waals surface area (Å²) >= 11 is 3.38. The van der Waals surface area contributed by atoms with Gasteiger partial charge in [-0.2, -0.15) is 0 Å². The summed E-state index contributed by atoms with van der Waals surface area (Å²) in [5.41, 5.74) is 0.870.